The van der Waals surface area contributed by atoms with Crippen molar-refractivity contribution >= 4 is 11.5 Å². The number of rotatable bonds is 2. The van der Waals surface area contributed by atoms with Gasteiger partial charge in [-0.2, -0.15) is 4.90 Å². The second kappa shape index (κ2) is 7.34. The van der Waals surface area contributed by atoms with Crippen molar-refractivity contribution in [3.8, 4) is 23.0 Å². The average molecular weight is 423 g/mol. The summed E-state index contributed by atoms with van der Waals surface area (Å²) in [5.74, 6) is 4.04. The summed E-state index contributed by atoms with van der Waals surface area (Å²) in [6, 6.07) is 11.7. The van der Waals surface area contributed by atoms with Crippen LogP contribution >= 0.6 is 0 Å². The molecule has 0 bridgehead atoms. The minimum atomic E-state index is -1.22. The Bertz CT molecular complexity index is 1050. The number of anilines is 1. The molecule has 0 fully saturated rings. The quantitative estimate of drug-likeness (QED) is 0.750. The molecule has 0 saturated heterocycles. The van der Waals surface area contributed by atoms with E-state index in [-0.39, 0.29) is 0 Å². The fourth-order valence-corrected chi connectivity index (χ4v) is 5.07. The number of fused-ring (bicyclic) bond motifs is 2. The maximum Gasteiger partial charge on any atom is 0.275 e. The van der Waals surface area contributed by atoms with Gasteiger partial charge >= 0.3 is 0 Å². The van der Waals surface area contributed by atoms with Gasteiger partial charge in [0, 0.05) is 18.1 Å². The van der Waals surface area contributed by atoms with Gasteiger partial charge in [0.25, 0.3) is 11.6 Å². The van der Waals surface area contributed by atoms with Crippen molar-refractivity contribution in [2.45, 2.75) is 31.4 Å². The monoisotopic (exact) mass is 423 g/mol. The molecule has 0 spiro atoms. The smallest absolute Gasteiger partial charge is 0.275 e. The summed E-state index contributed by atoms with van der Waals surface area (Å²) in [4.78, 5) is 2.09. The predicted molar refractivity (Wildman–Crippen MR) is 115 cm³/mol. The molecule has 4 heterocycles. The third-order valence-corrected chi connectivity index (χ3v) is 6.52. The maximum atomic E-state index is 12.2. The van der Waals surface area contributed by atoms with Gasteiger partial charge < -0.3 is 24.1 Å². The Morgan fingerprint density at radius 3 is 2.23 bits per heavy atom. The minimum Gasteiger partial charge on any atom is -0.486 e. The van der Waals surface area contributed by atoms with Crippen LogP contribution in [0.3, 0.4) is 0 Å². The molecule has 0 radical (unpaired) electrons. The van der Waals surface area contributed by atoms with Crippen molar-refractivity contribution in [3.63, 3.8) is 0 Å². The van der Waals surface area contributed by atoms with E-state index >= 15 is 0 Å². The molecule has 7 nitrogen and oxygen atoms in total. The number of aliphatic hydroxyl groups is 1. The van der Waals surface area contributed by atoms with Gasteiger partial charge in [-0.25, -0.2) is 0 Å². The molecular weight excluding hydrogens is 396 g/mol. The highest BCUT2D eigenvalue weighted by Crippen LogP contribution is 2.43. The number of benzene rings is 2. The zero-order chi connectivity index (χ0) is 20.8. The van der Waals surface area contributed by atoms with Crippen LogP contribution in [0.15, 0.2) is 36.4 Å². The van der Waals surface area contributed by atoms with Crippen molar-refractivity contribution in [2.75, 3.05) is 44.4 Å². The molecule has 0 unspecified atom stereocenters. The predicted octanol–water partition coefficient (Wildman–Crippen LogP) is 2.88. The van der Waals surface area contributed by atoms with Crippen LogP contribution in [0.4, 0.5) is 5.69 Å². The van der Waals surface area contributed by atoms with Crippen LogP contribution in [-0.4, -0.2) is 55.0 Å². The second-order valence-corrected chi connectivity index (χ2v) is 8.49. The Balaban J connectivity index is 1.46. The summed E-state index contributed by atoms with van der Waals surface area (Å²) in [6.07, 6.45) is 4.39. The van der Waals surface area contributed by atoms with Crippen molar-refractivity contribution in [3.05, 3.63) is 42.0 Å². The Hall–Kier alpha value is -2.93. The van der Waals surface area contributed by atoms with E-state index in [4.69, 9.17) is 18.9 Å². The van der Waals surface area contributed by atoms with Crippen LogP contribution in [-0.2, 0) is 5.72 Å². The van der Waals surface area contributed by atoms with Crippen LogP contribution in [0.25, 0.3) is 0 Å². The Labute approximate surface area is 181 Å². The fraction of sp³-hybridized carbons (Fsp3) is 0.458. The van der Waals surface area contributed by atoms with E-state index in [1.54, 1.807) is 0 Å². The molecule has 1 N–H and O–H groups in total. The molecule has 162 valence electrons. The molecular formula is C24H27N2O5+. The normalized spacial score (nSPS) is 24.6. The van der Waals surface area contributed by atoms with E-state index in [1.807, 2.05) is 36.4 Å². The first-order chi connectivity index (χ1) is 15.2. The molecule has 6 rings (SSSR count). The summed E-state index contributed by atoms with van der Waals surface area (Å²) in [7, 11) is 0. The first kappa shape index (κ1) is 18.8. The molecule has 2 aromatic carbocycles. The Morgan fingerprint density at radius 1 is 0.774 bits per heavy atom. The summed E-state index contributed by atoms with van der Waals surface area (Å²) in [6.45, 7) is 3.61. The molecule has 0 amide bonds. The number of nitrogens with zero attached hydrogens (tertiary/aromatic N) is 2. The van der Waals surface area contributed by atoms with Crippen molar-refractivity contribution in [1.29, 1.82) is 0 Å². The lowest BCUT2D eigenvalue weighted by atomic mass is 9.99. The van der Waals surface area contributed by atoms with E-state index < -0.39 is 5.72 Å². The van der Waals surface area contributed by atoms with Crippen LogP contribution < -0.4 is 23.8 Å². The number of ether oxygens (including phenoxy) is 4. The zero-order valence-electron chi connectivity index (χ0n) is 17.5. The summed E-state index contributed by atoms with van der Waals surface area (Å²) in [5.41, 5.74) is 0.486. The largest absolute Gasteiger partial charge is 0.486 e. The van der Waals surface area contributed by atoms with Gasteiger partial charge in [-0.3, -0.25) is 4.58 Å². The molecule has 31 heavy (non-hydrogen) atoms. The van der Waals surface area contributed by atoms with E-state index in [9.17, 15) is 5.11 Å². The van der Waals surface area contributed by atoms with E-state index in [1.165, 1.54) is 6.42 Å². The first-order valence-electron chi connectivity index (χ1n) is 11.2. The zero-order valence-corrected chi connectivity index (χ0v) is 17.5. The first-order valence-corrected chi connectivity index (χ1v) is 11.2. The summed E-state index contributed by atoms with van der Waals surface area (Å²) < 4.78 is 25.4. The molecule has 0 saturated carbocycles. The lowest BCUT2D eigenvalue weighted by molar-refractivity contribution is -0.534. The van der Waals surface area contributed by atoms with Crippen molar-refractivity contribution < 1.29 is 28.6 Å². The molecule has 1 atom stereocenters. The van der Waals surface area contributed by atoms with Crippen LogP contribution in [0, 0.1) is 0 Å². The second-order valence-electron chi connectivity index (χ2n) is 8.49. The molecule has 4 aliphatic heterocycles. The standard InChI is InChI=1S/C24H27N2O5/c27-24(17-5-7-19-21(14-17)30-12-10-28-19)16-25-9-3-1-2-4-23(25)26(24)18-6-8-20-22(15-18)31-13-11-29-20/h5-8,14-15,27H,1-4,9-13,16H2/q+1/t24-/m1/s1. The fourth-order valence-electron chi connectivity index (χ4n) is 5.07. The van der Waals surface area contributed by atoms with Gasteiger partial charge in [0.15, 0.2) is 29.5 Å². The molecule has 0 aromatic heterocycles. The summed E-state index contributed by atoms with van der Waals surface area (Å²) >= 11 is 0. The molecule has 0 aliphatic carbocycles. The molecule has 7 heteroatoms. The van der Waals surface area contributed by atoms with Crippen LogP contribution in [0.5, 0.6) is 23.0 Å². The molecule has 4 aliphatic rings. The number of amidine groups is 1. The number of hydrogen-bond donors (Lipinski definition) is 1. The highest BCUT2D eigenvalue weighted by Gasteiger charge is 2.54. The van der Waals surface area contributed by atoms with Crippen LogP contribution in [0.2, 0.25) is 0 Å². The average Bonchev–Trinajstić information content (AvgIpc) is 2.93. The Kier molecular flexibility index (Phi) is 4.45. The van der Waals surface area contributed by atoms with Crippen molar-refractivity contribution in [2.24, 2.45) is 0 Å². The topological polar surface area (TPSA) is 63.4 Å². The number of hydrogen-bond acceptors (Lipinski definition) is 6. The van der Waals surface area contributed by atoms with Crippen LogP contribution in [0.1, 0.15) is 31.2 Å². The van der Waals surface area contributed by atoms with Crippen molar-refractivity contribution in [1.82, 2.24) is 0 Å². The van der Waals surface area contributed by atoms with Gasteiger partial charge in [-0.05, 0) is 49.6 Å². The van der Waals surface area contributed by atoms with Gasteiger partial charge in [-0.1, -0.05) is 0 Å². The van der Waals surface area contributed by atoms with Gasteiger partial charge in [-0.15, -0.1) is 0 Å². The van der Waals surface area contributed by atoms with E-state index in [0.717, 1.165) is 60.1 Å². The van der Waals surface area contributed by atoms with Gasteiger partial charge in [0.1, 0.15) is 32.1 Å². The highest BCUT2D eigenvalue weighted by molar-refractivity contribution is 5.97. The van der Waals surface area contributed by atoms with Gasteiger partial charge in [0.05, 0.1) is 6.54 Å². The van der Waals surface area contributed by atoms with E-state index in [0.29, 0.717) is 38.7 Å². The highest BCUT2D eigenvalue weighted by atomic mass is 16.6. The maximum absolute atomic E-state index is 12.2. The lowest BCUT2D eigenvalue weighted by Gasteiger charge is -2.30. The molecule has 2 aromatic rings. The summed E-state index contributed by atoms with van der Waals surface area (Å²) in [5, 5.41) is 12.2. The Morgan fingerprint density at radius 2 is 1.45 bits per heavy atom. The van der Waals surface area contributed by atoms with E-state index in [2.05, 4.69) is 9.48 Å². The SMILES string of the molecule is O[C@@]1(c2ccc3c(c2)OCCO3)C[N+]2=C(CCCCC2)N1c1ccc2c(c1)OCCO2. The third kappa shape index (κ3) is 3.10. The van der Waals surface area contributed by atoms with Gasteiger partial charge in [0.2, 0.25) is 0 Å². The third-order valence-electron chi connectivity index (χ3n) is 6.52. The minimum absolute atomic E-state index is 0.510. The lowest BCUT2D eigenvalue weighted by Crippen LogP contribution is -2.47.